The van der Waals surface area contributed by atoms with Crippen molar-refractivity contribution < 1.29 is 4.79 Å². The lowest BCUT2D eigenvalue weighted by atomic mass is 9.95. The van der Waals surface area contributed by atoms with E-state index >= 15 is 0 Å². The number of aromatic nitrogens is 2. The second-order valence-corrected chi connectivity index (χ2v) is 6.94. The van der Waals surface area contributed by atoms with Crippen LogP contribution in [0, 0.1) is 11.8 Å². The van der Waals surface area contributed by atoms with E-state index in [-0.39, 0.29) is 24.2 Å². The van der Waals surface area contributed by atoms with Crippen LogP contribution < -0.4 is 11.1 Å². The standard InChI is InChI=1S/C17H21BrN4O.ClH/c18-14-5-1-3-12(9-14)11-22-16(7-8-20-22)21-17(23)15-6-2-4-13(15)10-19;/h1,3,5,7-9,13,15H,2,4,6,10-11,19H2,(H,21,23);1H/t13-,15-;/m1./s1. The van der Waals surface area contributed by atoms with Gasteiger partial charge in [-0.1, -0.05) is 34.5 Å². The van der Waals surface area contributed by atoms with E-state index in [2.05, 4.69) is 32.4 Å². The van der Waals surface area contributed by atoms with Gasteiger partial charge >= 0.3 is 0 Å². The van der Waals surface area contributed by atoms with Crippen molar-refractivity contribution >= 4 is 40.1 Å². The van der Waals surface area contributed by atoms with Crippen LogP contribution in [0.5, 0.6) is 0 Å². The molecular formula is C17H22BrClN4O. The van der Waals surface area contributed by atoms with E-state index in [1.807, 2.05) is 28.9 Å². The van der Waals surface area contributed by atoms with Crippen molar-refractivity contribution in [3.8, 4) is 0 Å². The quantitative estimate of drug-likeness (QED) is 0.789. The van der Waals surface area contributed by atoms with E-state index in [1.165, 1.54) is 0 Å². The fourth-order valence-electron chi connectivity index (χ4n) is 3.26. The third-order valence-electron chi connectivity index (χ3n) is 4.49. The topological polar surface area (TPSA) is 72.9 Å². The molecule has 1 aromatic heterocycles. The molecule has 0 bridgehead atoms. The van der Waals surface area contributed by atoms with Crippen LogP contribution in [0.25, 0.3) is 0 Å². The summed E-state index contributed by atoms with van der Waals surface area (Å²) in [5, 5.41) is 7.35. The summed E-state index contributed by atoms with van der Waals surface area (Å²) in [5.41, 5.74) is 6.90. The summed E-state index contributed by atoms with van der Waals surface area (Å²) in [6.07, 6.45) is 4.76. The maximum atomic E-state index is 12.5. The van der Waals surface area contributed by atoms with Gasteiger partial charge in [0.1, 0.15) is 5.82 Å². The number of nitrogens with two attached hydrogens (primary N) is 1. The molecule has 24 heavy (non-hydrogen) atoms. The highest BCUT2D eigenvalue weighted by Gasteiger charge is 2.32. The molecule has 7 heteroatoms. The molecular weight excluding hydrogens is 392 g/mol. The number of nitrogens with zero attached hydrogens (tertiary/aromatic N) is 2. The number of halogens is 2. The van der Waals surface area contributed by atoms with Crippen LogP contribution in [0.3, 0.4) is 0 Å². The molecule has 0 saturated heterocycles. The zero-order chi connectivity index (χ0) is 16.2. The molecule has 2 atom stereocenters. The lowest BCUT2D eigenvalue weighted by Gasteiger charge is -2.18. The number of rotatable bonds is 5. The Bertz CT molecular complexity index is 691. The van der Waals surface area contributed by atoms with Crippen molar-refractivity contribution in [2.45, 2.75) is 25.8 Å². The van der Waals surface area contributed by atoms with Gasteiger partial charge in [0.25, 0.3) is 0 Å². The van der Waals surface area contributed by atoms with Crippen molar-refractivity contribution in [3.05, 3.63) is 46.6 Å². The number of anilines is 1. The first kappa shape index (κ1) is 19.0. The molecule has 1 amide bonds. The normalized spacial score (nSPS) is 19.8. The van der Waals surface area contributed by atoms with Gasteiger partial charge in [-0.05, 0) is 43.0 Å². The van der Waals surface area contributed by atoms with Crippen molar-refractivity contribution in [1.29, 1.82) is 0 Å². The molecule has 0 spiro atoms. The highest BCUT2D eigenvalue weighted by molar-refractivity contribution is 9.10. The number of hydrogen-bond acceptors (Lipinski definition) is 3. The average molecular weight is 414 g/mol. The summed E-state index contributed by atoms with van der Waals surface area (Å²) >= 11 is 3.47. The van der Waals surface area contributed by atoms with Crippen molar-refractivity contribution in [2.24, 2.45) is 17.6 Å². The van der Waals surface area contributed by atoms with Crippen LogP contribution in [-0.2, 0) is 11.3 Å². The number of amides is 1. The Labute approximate surface area is 156 Å². The molecule has 2 aromatic rings. The van der Waals surface area contributed by atoms with E-state index < -0.39 is 0 Å². The van der Waals surface area contributed by atoms with Gasteiger partial charge in [0.2, 0.25) is 5.91 Å². The molecule has 3 N–H and O–H groups in total. The minimum atomic E-state index is 0. The predicted octanol–water partition coefficient (Wildman–Crippen LogP) is 3.43. The second kappa shape index (κ2) is 8.65. The minimum absolute atomic E-state index is 0. The number of benzene rings is 1. The van der Waals surface area contributed by atoms with Crippen LogP contribution in [-0.4, -0.2) is 22.2 Å². The number of hydrogen-bond donors (Lipinski definition) is 2. The predicted molar refractivity (Wildman–Crippen MR) is 101 cm³/mol. The number of nitrogens with one attached hydrogen (secondary N) is 1. The average Bonchev–Trinajstić information content (AvgIpc) is 3.16. The molecule has 1 aromatic carbocycles. The molecule has 3 rings (SSSR count). The fraction of sp³-hybridized carbons (Fsp3) is 0.412. The van der Waals surface area contributed by atoms with Gasteiger partial charge in [-0.2, -0.15) is 5.10 Å². The van der Waals surface area contributed by atoms with E-state index in [0.29, 0.717) is 19.0 Å². The lowest BCUT2D eigenvalue weighted by Crippen LogP contribution is -2.30. The zero-order valence-corrected chi connectivity index (χ0v) is 15.7. The van der Waals surface area contributed by atoms with Crippen molar-refractivity contribution in [3.63, 3.8) is 0 Å². The highest BCUT2D eigenvalue weighted by Crippen LogP contribution is 2.31. The van der Waals surface area contributed by atoms with Crippen LogP contribution in [0.1, 0.15) is 24.8 Å². The largest absolute Gasteiger partial charge is 0.330 e. The van der Waals surface area contributed by atoms with E-state index in [1.54, 1.807) is 6.20 Å². The molecule has 0 unspecified atom stereocenters. The zero-order valence-electron chi connectivity index (χ0n) is 13.3. The summed E-state index contributed by atoms with van der Waals surface area (Å²) in [7, 11) is 0. The minimum Gasteiger partial charge on any atom is -0.330 e. The molecule has 1 heterocycles. The first-order valence-electron chi connectivity index (χ1n) is 7.94. The third kappa shape index (κ3) is 4.37. The van der Waals surface area contributed by atoms with Gasteiger partial charge in [-0.15, -0.1) is 12.4 Å². The maximum Gasteiger partial charge on any atom is 0.228 e. The molecule has 0 aliphatic heterocycles. The van der Waals surface area contributed by atoms with Crippen LogP contribution in [0.2, 0.25) is 0 Å². The Hall–Kier alpha value is -1.37. The third-order valence-corrected chi connectivity index (χ3v) is 4.98. The Morgan fingerprint density at radius 2 is 2.21 bits per heavy atom. The van der Waals surface area contributed by atoms with Gasteiger partial charge in [0, 0.05) is 16.5 Å². The van der Waals surface area contributed by atoms with E-state index in [4.69, 9.17) is 5.73 Å². The molecule has 1 aliphatic rings. The number of carbonyl (C=O) groups excluding carboxylic acids is 1. The molecule has 1 fully saturated rings. The first-order valence-corrected chi connectivity index (χ1v) is 8.74. The summed E-state index contributed by atoms with van der Waals surface area (Å²) in [5.74, 6) is 1.12. The van der Waals surface area contributed by atoms with E-state index in [0.717, 1.165) is 35.1 Å². The van der Waals surface area contributed by atoms with Gasteiger partial charge < -0.3 is 11.1 Å². The Morgan fingerprint density at radius 1 is 1.38 bits per heavy atom. The van der Waals surface area contributed by atoms with Crippen LogP contribution in [0.4, 0.5) is 5.82 Å². The summed E-state index contributed by atoms with van der Waals surface area (Å²) in [6.45, 7) is 1.20. The molecule has 130 valence electrons. The monoisotopic (exact) mass is 412 g/mol. The molecule has 1 saturated carbocycles. The Balaban J connectivity index is 0.00000208. The molecule has 1 aliphatic carbocycles. The Morgan fingerprint density at radius 3 is 2.96 bits per heavy atom. The molecule has 5 nitrogen and oxygen atoms in total. The maximum absolute atomic E-state index is 12.5. The number of carbonyl (C=O) groups is 1. The van der Waals surface area contributed by atoms with Crippen molar-refractivity contribution in [1.82, 2.24) is 9.78 Å². The lowest BCUT2D eigenvalue weighted by molar-refractivity contribution is -0.120. The van der Waals surface area contributed by atoms with Gasteiger partial charge in [0.15, 0.2) is 0 Å². The smallest absolute Gasteiger partial charge is 0.228 e. The highest BCUT2D eigenvalue weighted by atomic mass is 79.9. The van der Waals surface area contributed by atoms with Gasteiger partial charge in [-0.25, -0.2) is 4.68 Å². The fourth-order valence-corrected chi connectivity index (χ4v) is 3.70. The SMILES string of the molecule is Cl.NC[C@H]1CCC[C@H]1C(=O)Nc1ccnn1Cc1cccc(Br)c1. The second-order valence-electron chi connectivity index (χ2n) is 6.03. The summed E-state index contributed by atoms with van der Waals surface area (Å²) < 4.78 is 2.84. The van der Waals surface area contributed by atoms with E-state index in [9.17, 15) is 4.79 Å². The Kier molecular flexibility index (Phi) is 6.83. The van der Waals surface area contributed by atoms with Crippen LogP contribution >= 0.6 is 28.3 Å². The van der Waals surface area contributed by atoms with Crippen molar-refractivity contribution in [2.75, 3.05) is 11.9 Å². The first-order chi connectivity index (χ1) is 11.2. The van der Waals surface area contributed by atoms with Crippen LogP contribution in [0.15, 0.2) is 41.0 Å². The molecule has 0 radical (unpaired) electrons. The summed E-state index contributed by atoms with van der Waals surface area (Å²) in [4.78, 5) is 12.5. The van der Waals surface area contributed by atoms with Gasteiger partial charge in [-0.3, -0.25) is 4.79 Å². The van der Waals surface area contributed by atoms with Gasteiger partial charge in [0.05, 0.1) is 12.7 Å². The summed E-state index contributed by atoms with van der Waals surface area (Å²) in [6, 6.07) is 9.91.